The number of carbonyl (C=O) groups is 3. The molecular weight excluding hydrogens is 598 g/mol. The zero-order chi connectivity index (χ0) is 35.2. The molecule has 2 N–H and O–H groups in total. The van der Waals surface area contributed by atoms with Crippen LogP contribution in [0.15, 0.2) is 36.5 Å². The average molecular weight is 674 g/mol. The highest BCUT2D eigenvalue weighted by Gasteiger charge is 2.12. The van der Waals surface area contributed by atoms with Gasteiger partial charge in [0.05, 0.1) is 0 Å². The molecule has 1 unspecified atom stereocenters. The summed E-state index contributed by atoms with van der Waals surface area (Å²) in [6, 6.07) is 0. The number of hydrogen-bond acceptors (Lipinski definition) is 4. The summed E-state index contributed by atoms with van der Waals surface area (Å²) in [6.45, 7) is 4.16. The predicted octanol–water partition coefficient (Wildman–Crippen LogP) is 12.1. The van der Waals surface area contributed by atoms with Crippen LogP contribution in [0.5, 0.6) is 0 Å². The number of allylic oxidation sites excluding steroid dienone is 5. The van der Waals surface area contributed by atoms with Gasteiger partial charge in [-0.3, -0.25) is 14.4 Å². The Kier molecular flexibility index (Phi) is 35.6. The maximum atomic E-state index is 12.6. The van der Waals surface area contributed by atoms with Crippen LogP contribution in [0.25, 0.3) is 0 Å². The Hall–Kier alpha value is -2.37. The van der Waals surface area contributed by atoms with Gasteiger partial charge in [0, 0.05) is 12.8 Å². The molecule has 0 aliphatic rings. The minimum atomic E-state index is -1.03. The number of unbranched alkanes of at least 4 members (excludes halogenated alkanes) is 21. The Balaban J connectivity index is 4.06. The summed E-state index contributed by atoms with van der Waals surface area (Å²) in [7, 11) is 0. The summed E-state index contributed by atoms with van der Waals surface area (Å²) < 4.78 is 5.87. The minimum absolute atomic E-state index is 0.101. The summed E-state index contributed by atoms with van der Waals surface area (Å²) >= 11 is 0. The van der Waals surface area contributed by atoms with Crippen molar-refractivity contribution in [2.24, 2.45) is 0 Å². The van der Waals surface area contributed by atoms with Gasteiger partial charge < -0.3 is 15.2 Å². The Morgan fingerprint density at radius 1 is 0.562 bits per heavy atom. The van der Waals surface area contributed by atoms with Crippen LogP contribution < -0.4 is 5.32 Å². The van der Waals surface area contributed by atoms with Gasteiger partial charge in [0.2, 0.25) is 5.91 Å². The number of rotatable bonds is 36. The van der Waals surface area contributed by atoms with E-state index in [0.29, 0.717) is 12.8 Å². The molecule has 48 heavy (non-hydrogen) atoms. The molecule has 1 atom stereocenters. The molecule has 0 fully saturated rings. The maximum Gasteiger partial charge on any atom is 0.322 e. The Morgan fingerprint density at radius 3 is 1.60 bits per heavy atom. The molecule has 0 spiro atoms. The number of carbonyl (C=O) groups excluding carboxylic acids is 2. The predicted molar refractivity (Wildman–Crippen MR) is 203 cm³/mol. The van der Waals surface area contributed by atoms with Crippen LogP contribution in [0, 0.1) is 0 Å². The summed E-state index contributed by atoms with van der Waals surface area (Å²) in [5.74, 6) is -1.35. The van der Waals surface area contributed by atoms with Crippen LogP contribution in [0.2, 0.25) is 0 Å². The van der Waals surface area contributed by atoms with Crippen LogP contribution in [-0.4, -0.2) is 35.6 Å². The number of esters is 1. The van der Waals surface area contributed by atoms with Gasteiger partial charge in [-0.05, 0) is 76.7 Å². The molecule has 0 aliphatic carbocycles. The molecule has 0 aliphatic heterocycles. The zero-order valence-electron chi connectivity index (χ0n) is 31.3. The monoisotopic (exact) mass is 674 g/mol. The molecule has 0 rings (SSSR count). The standard InChI is InChI=1S/C42H75NO5/c1-3-5-7-9-11-13-14-15-16-17-18-19-20-21-22-23-25-27-33-37-42(47)48-39(34-30-26-24-12-10-8-6-4-2)35-31-28-29-32-36-40(44)43-38-41(45)46/h12,15-16,24,30,34,39H,3-11,13-14,17-23,25-29,31-33,35-38H2,1-2H3,(H,43,44)(H,45,46)/b16-15-,24-12-,34-30-. The van der Waals surface area contributed by atoms with Crippen molar-refractivity contribution in [3.05, 3.63) is 36.5 Å². The van der Waals surface area contributed by atoms with E-state index in [0.717, 1.165) is 57.8 Å². The van der Waals surface area contributed by atoms with E-state index in [1.165, 1.54) is 116 Å². The molecule has 278 valence electrons. The lowest BCUT2D eigenvalue weighted by atomic mass is 10.1. The summed E-state index contributed by atoms with van der Waals surface area (Å²) in [5, 5.41) is 11.1. The van der Waals surface area contributed by atoms with E-state index in [2.05, 4.69) is 49.5 Å². The van der Waals surface area contributed by atoms with Gasteiger partial charge in [-0.25, -0.2) is 0 Å². The van der Waals surface area contributed by atoms with Crippen LogP contribution in [0.3, 0.4) is 0 Å². The fourth-order valence-corrected chi connectivity index (χ4v) is 5.75. The van der Waals surface area contributed by atoms with Crippen molar-refractivity contribution >= 4 is 17.8 Å². The molecule has 0 aromatic heterocycles. The lowest BCUT2D eigenvalue weighted by Gasteiger charge is -2.14. The van der Waals surface area contributed by atoms with Gasteiger partial charge in [0.1, 0.15) is 12.6 Å². The van der Waals surface area contributed by atoms with Gasteiger partial charge >= 0.3 is 11.9 Å². The van der Waals surface area contributed by atoms with E-state index >= 15 is 0 Å². The molecule has 0 bridgehead atoms. The maximum absolute atomic E-state index is 12.6. The van der Waals surface area contributed by atoms with Crippen molar-refractivity contribution in [2.75, 3.05) is 6.54 Å². The fourth-order valence-electron chi connectivity index (χ4n) is 5.75. The van der Waals surface area contributed by atoms with Crippen LogP contribution in [0.1, 0.15) is 200 Å². The number of amides is 1. The highest BCUT2D eigenvalue weighted by molar-refractivity contribution is 5.80. The number of ether oxygens (including phenoxy) is 1. The average Bonchev–Trinajstić information content (AvgIpc) is 3.07. The summed E-state index contributed by atoms with van der Waals surface area (Å²) in [4.78, 5) is 34.9. The number of carboxylic acid groups (broad SMARTS) is 1. The molecule has 6 nitrogen and oxygen atoms in total. The molecule has 0 saturated heterocycles. The number of hydrogen-bond donors (Lipinski definition) is 2. The van der Waals surface area contributed by atoms with E-state index in [-0.39, 0.29) is 24.5 Å². The first-order valence-corrected chi connectivity index (χ1v) is 20.1. The lowest BCUT2D eigenvalue weighted by Crippen LogP contribution is -2.28. The third-order valence-electron chi connectivity index (χ3n) is 8.77. The highest BCUT2D eigenvalue weighted by Crippen LogP contribution is 2.15. The quantitative estimate of drug-likeness (QED) is 0.0392. The summed E-state index contributed by atoms with van der Waals surface area (Å²) in [5.41, 5.74) is 0. The first-order valence-electron chi connectivity index (χ1n) is 20.1. The van der Waals surface area contributed by atoms with Gasteiger partial charge in [-0.2, -0.15) is 0 Å². The number of aliphatic carboxylic acids is 1. The third-order valence-corrected chi connectivity index (χ3v) is 8.77. The molecule has 0 radical (unpaired) electrons. The largest absolute Gasteiger partial charge is 0.480 e. The fraction of sp³-hybridized carbons (Fsp3) is 0.786. The first-order chi connectivity index (χ1) is 23.5. The normalized spacial score (nSPS) is 12.4. The van der Waals surface area contributed by atoms with Crippen molar-refractivity contribution in [2.45, 2.75) is 206 Å². The van der Waals surface area contributed by atoms with Crippen molar-refractivity contribution in [3.63, 3.8) is 0 Å². The molecule has 0 aromatic carbocycles. The second kappa shape index (κ2) is 37.4. The topological polar surface area (TPSA) is 92.7 Å². The van der Waals surface area contributed by atoms with Gasteiger partial charge in [0.25, 0.3) is 0 Å². The van der Waals surface area contributed by atoms with Crippen molar-refractivity contribution in [1.29, 1.82) is 0 Å². The first kappa shape index (κ1) is 45.6. The SMILES string of the molecule is CCCCC/C=C\C/C=C\C(CCCCCCC(=O)NCC(=O)O)OC(=O)CCCCCCCCCCC/C=C\CCCCCCCC. The van der Waals surface area contributed by atoms with E-state index in [1.807, 2.05) is 6.08 Å². The zero-order valence-corrected chi connectivity index (χ0v) is 31.3. The van der Waals surface area contributed by atoms with Crippen LogP contribution in [-0.2, 0) is 19.1 Å². The second-order valence-corrected chi connectivity index (χ2v) is 13.5. The van der Waals surface area contributed by atoms with E-state index in [1.54, 1.807) is 0 Å². The Labute approximate surface area is 296 Å². The van der Waals surface area contributed by atoms with Crippen LogP contribution in [0.4, 0.5) is 0 Å². The van der Waals surface area contributed by atoms with Crippen LogP contribution >= 0.6 is 0 Å². The van der Waals surface area contributed by atoms with Crippen molar-refractivity contribution in [3.8, 4) is 0 Å². The van der Waals surface area contributed by atoms with Gasteiger partial charge in [-0.15, -0.1) is 0 Å². The highest BCUT2D eigenvalue weighted by atomic mass is 16.5. The number of carboxylic acids is 1. The van der Waals surface area contributed by atoms with Gasteiger partial charge in [-0.1, -0.05) is 147 Å². The Morgan fingerprint density at radius 2 is 1.02 bits per heavy atom. The van der Waals surface area contributed by atoms with Crippen molar-refractivity contribution in [1.82, 2.24) is 5.32 Å². The Bertz CT molecular complexity index is 834. The lowest BCUT2D eigenvalue weighted by molar-refractivity contribution is -0.147. The van der Waals surface area contributed by atoms with E-state index in [9.17, 15) is 14.4 Å². The summed E-state index contributed by atoms with van der Waals surface area (Å²) in [6.07, 6.45) is 45.7. The molecule has 0 aromatic rings. The molecule has 6 heteroatoms. The van der Waals surface area contributed by atoms with Gasteiger partial charge in [0.15, 0.2) is 0 Å². The third kappa shape index (κ3) is 36.5. The molecule has 1 amide bonds. The second-order valence-electron chi connectivity index (χ2n) is 13.5. The number of nitrogens with one attached hydrogen (secondary N) is 1. The molecule has 0 heterocycles. The van der Waals surface area contributed by atoms with Crippen molar-refractivity contribution < 1.29 is 24.2 Å². The molecule has 0 saturated carbocycles. The molecular formula is C42H75NO5. The smallest absolute Gasteiger partial charge is 0.322 e. The minimum Gasteiger partial charge on any atom is -0.480 e. The van der Waals surface area contributed by atoms with E-state index < -0.39 is 5.97 Å². The van der Waals surface area contributed by atoms with E-state index in [4.69, 9.17) is 9.84 Å².